The van der Waals surface area contributed by atoms with Gasteiger partial charge >= 0.3 is 0 Å². The first-order valence-electron chi connectivity index (χ1n) is 5.65. The van der Waals surface area contributed by atoms with Crippen molar-refractivity contribution < 1.29 is 9.18 Å². The van der Waals surface area contributed by atoms with Crippen molar-refractivity contribution in [3.63, 3.8) is 0 Å². The maximum atomic E-state index is 13.2. The van der Waals surface area contributed by atoms with Gasteiger partial charge in [0.05, 0.1) is 10.0 Å². The first kappa shape index (κ1) is 14.0. The van der Waals surface area contributed by atoms with E-state index in [2.05, 4.69) is 0 Å². The van der Waals surface area contributed by atoms with Gasteiger partial charge in [0.15, 0.2) is 0 Å². The van der Waals surface area contributed by atoms with E-state index in [-0.39, 0.29) is 10.0 Å². The zero-order valence-electron chi connectivity index (χ0n) is 10.4. The number of hydrogen-bond acceptors (Lipinski definition) is 1. The number of benzene rings is 2. The molecule has 0 unspecified atom stereocenters. The summed E-state index contributed by atoms with van der Waals surface area (Å²) >= 11 is 12.1. The summed E-state index contributed by atoms with van der Waals surface area (Å²) in [6.45, 7) is 3.69. The molecule has 0 bridgehead atoms. The molecule has 2 aromatic rings. The molecule has 0 aromatic heterocycles. The smallest absolute Gasteiger partial charge is 0.150 e. The van der Waals surface area contributed by atoms with E-state index in [1.54, 1.807) is 6.07 Å². The van der Waals surface area contributed by atoms with E-state index in [0.717, 1.165) is 23.0 Å². The summed E-state index contributed by atoms with van der Waals surface area (Å²) in [5.41, 5.74) is 3.70. The van der Waals surface area contributed by atoms with Crippen LogP contribution in [0.4, 0.5) is 4.39 Å². The van der Waals surface area contributed by atoms with Crippen LogP contribution in [0, 0.1) is 19.7 Å². The normalized spacial score (nSPS) is 10.6. The molecule has 0 aliphatic heterocycles. The number of aldehydes is 1. The monoisotopic (exact) mass is 296 g/mol. The number of hydrogen-bond donors (Lipinski definition) is 0. The molecule has 4 heteroatoms. The molecular weight excluding hydrogens is 286 g/mol. The van der Waals surface area contributed by atoms with E-state index in [0.29, 0.717) is 11.1 Å². The molecule has 0 aliphatic rings. The van der Waals surface area contributed by atoms with Crippen LogP contribution in [0.1, 0.15) is 21.5 Å². The van der Waals surface area contributed by atoms with Crippen LogP contribution in [-0.2, 0) is 0 Å². The molecule has 0 N–H and O–H groups in total. The second kappa shape index (κ2) is 5.32. The zero-order valence-corrected chi connectivity index (χ0v) is 11.9. The fourth-order valence-corrected chi connectivity index (χ4v) is 2.70. The van der Waals surface area contributed by atoms with Crippen molar-refractivity contribution in [3.05, 3.63) is 56.8 Å². The Morgan fingerprint density at radius 3 is 2.11 bits per heavy atom. The van der Waals surface area contributed by atoms with Crippen LogP contribution in [0.2, 0.25) is 10.0 Å². The third-order valence-electron chi connectivity index (χ3n) is 3.02. The fourth-order valence-electron chi connectivity index (χ4n) is 2.03. The summed E-state index contributed by atoms with van der Waals surface area (Å²) in [6, 6.07) is 6.06. The van der Waals surface area contributed by atoms with Crippen molar-refractivity contribution in [3.8, 4) is 11.1 Å². The lowest BCUT2D eigenvalue weighted by atomic mass is 9.95. The molecule has 0 atom stereocenters. The molecule has 0 spiro atoms. The highest BCUT2D eigenvalue weighted by molar-refractivity contribution is 6.39. The zero-order chi connectivity index (χ0) is 14.2. The van der Waals surface area contributed by atoms with Crippen LogP contribution < -0.4 is 0 Å². The van der Waals surface area contributed by atoms with Gasteiger partial charge in [0.1, 0.15) is 12.1 Å². The minimum Gasteiger partial charge on any atom is -0.298 e. The molecule has 19 heavy (non-hydrogen) atoms. The number of carbonyl (C=O) groups is 1. The van der Waals surface area contributed by atoms with Gasteiger partial charge in [-0.15, -0.1) is 0 Å². The number of halogens is 3. The van der Waals surface area contributed by atoms with E-state index >= 15 is 0 Å². The Balaban J connectivity index is 2.73. The van der Waals surface area contributed by atoms with E-state index in [1.165, 1.54) is 12.1 Å². The van der Waals surface area contributed by atoms with Gasteiger partial charge in [-0.25, -0.2) is 4.39 Å². The molecule has 0 radical (unpaired) electrons. The molecule has 0 amide bonds. The first-order chi connectivity index (χ1) is 8.93. The fraction of sp³-hybridized carbons (Fsp3) is 0.133. The van der Waals surface area contributed by atoms with Crippen LogP contribution in [0.15, 0.2) is 24.3 Å². The average Bonchev–Trinajstić information content (AvgIpc) is 2.31. The van der Waals surface area contributed by atoms with Gasteiger partial charge in [-0.05, 0) is 48.7 Å². The van der Waals surface area contributed by atoms with Gasteiger partial charge in [0.25, 0.3) is 0 Å². The van der Waals surface area contributed by atoms with E-state index in [9.17, 15) is 9.18 Å². The lowest BCUT2D eigenvalue weighted by Crippen LogP contribution is -1.93. The van der Waals surface area contributed by atoms with Crippen molar-refractivity contribution >= 4 is 29.5 Å². The van der Waals surface area contributed by atoms with Crippen LogP contribution in [0.25, 0.3) is 11.1 Å². The van der Waals surface area contributed by atoms with Crippen molar-refractivity contribution in [2.75, 3.05) is 0 Å². The summed E-state index contributed by atoms with van der Waals surface area (Å²) in [7, 11) is 0. The Kier molecular flexibility index (Phi) is 3.93. The summed E-state index contributed by atoms with van der Waals surface area (Å²) < 4.78 is 13.2. The van der Waals surface area contributed by atoms with E-state index in [4.69, 9.17) is 23.2 Å². The van der Waals surface area contributed by atoms with Gasteiger partial charge < -0.3 is 0 Å². The van der Waals surface area contributed by atoms with Crippen molar-refractivity contribution in [2.24, 2.45) is 0 Å². The average molecular weight is 297 g/mol. The van der Waals surface area contributed by atoms with Gasteiger partial charge in [0.2, 0.25) is 0 Å². The SMILES string of the molecule is Cc1cc(-c2c(Cl)cc(F)cc2Cl)c(C)cc1C=O. The van der Waals surface area contributed by atoms with Crippen molar-refractivity contribution in [2.45, 2.75) is 13.8 Å². The molecule has 0 saturated carbocycles. The molecule has 0 aliphatic carbocycles. The highest BCUT2D eigenvalue weighted by Crippen LogP contribution is 2.38. The van der Waals surface area contributed by atoms with Gasteiger partial charge in [0, 0.05) is 11.1 Å². The first-order valence-corrected chi connectivity index (χ1v) is 6.41. The Morgan fingerprint density at radius 1 is 1.00 bits per heavy atom. The Morgan fingerprint density at radius 2 is 1.58 bits per heavy atom. The Hall–Kier alpha value is -1.38. The maximum Gasteiger partial charge on any atom is 0.150 e. The lowest BCUT2D eigenvalue weighted by Gasteiger charge is -2.13. The van der Waals surface area contributed by atoms with E-state index < -0.39 is 5.82 Å². The summed E-state index contributed by atoms with van der Waals surface area (Å²) in [4.78, 5) is 10.9. The standard InChI is InChI=1S/C15H11Cl2FO/c1-8-4-12(9(2)3-10(8)7-19)15-13(16)5-11(18)6-14(15)17/h3-7H,1-2H3. The van der Waals surface area contributed by atoms with Crippen molar-refractivity contribution in [1.29, 1.82) is 0 Å². The van der Waals surface area contributed by atoms with Gasteiger partial charge in [-0.1, -0.05) is 29.3 Å². The number of aryl methyl sites for hydroxylation is 2. The van der Waals surface area contributed by atoms with Gasteiger partial charge in [-0.2, -0.15) is 0 Å². The summed E-state index contributed by atoms with van der Waals surface area (Å²) in [6.07, 6.45) is 0.806. The second-order valence-electron chi connectivity index (χ2n) is 4.39. The highest BCUT2D eigenvalue weighted by atomic mass is 35.5. The molecule has 0 heterocycles. The quantitative estimate of drug-likeness (QED) is 0.694. The molecular formula is C15H11Cl2FO. The van der Waals surface area contributed by atoms with Crippen LogP contribution in [-0.4, -0.2) is 6.29 Å². The van der Waals surface area contributed by atoms with Crippen molar-refractivity contribution in [1.82, 2.24) is 0 Å². The molecule has 98 valence electrons. The Bertz CT molecular complexity index is 642. The maximum absolute atomic E-state index is 13.2. The molecule has 2 rings (SSSR count). The van der Waals surface area contributed by atoms with Crippen LogP contribution in [0.3, 0.4) is 0 Å². The topological polar surface area (TPSA) is 17.1 Å². The van der Waals surface area contributed by atoms with Gasteiger partial charge in [-0.3, -0.25) is 4.79 Å². The molecule has 0 fully saturated rings. The minimum absolute atomic E-state index is 0.256. The lowest BCUT2D eigenvalue weighted by molar-refractivity contribution is 0.112. The minimum atomic E-state index is -0.474. The summed E-state index contributed by atoms with van der Waals surface area (Å²) in [5, 5.41) is 0.512. The highest BCUT2D eigenvalue weighted by Gasteiger charge is 2.14. The van der Waals surface area contributed by atoms with Crippen LogP contribution in [0.5, 0.6) is 0 Å². The predicted octanol–water partition coefficient (Wildman–Crippen LogP) is 5.23. The number of rotatable bonds is 2. The third-order valence-corrected chi connectivity index (χ3v) is 3.61. The van der Waals surface area contributed by atoms with Crippen LogP contribution >= 0.6 is 23.2 Å². The third kappa shape index (κ3) is 2.65. The predicted molar refractivity (Wildman–Crippen MR) is 76.7 cm³/mol. The molecule has 2 aromatic carbocycles. The number of carbonyl (C=O) groups excluding carboxylic acids is 1. The van der Waals surface area contributed by atoms with E-state index in [1.807, 2.05) is 19.9 Å². The second-order valence-corrected chi connectivity index (χ2v) is 5.20. The molecule has 0 saturated heterocycles. The summed E-state index contributed by atoms with van der Waals surface area (Å²) in [5.74, 6) is -0.474. The Labute approximate surface area is 121 Å². The largest absolute Gasteiger partial charge is 0.298 e. The molecule has 1 nitrogen and oxygen atoms in total.